The van der Waals surface area contributed by atoms with Gasteiger partial charge in [0.2, 0.25) is 5.91 Å². The van der Waals surface area contributed by atoms with Crippen molar-refractivity contribution < 1.29 is 14.3 Å². The van der Waals surface area contributed by atoms with Crippen molar-refractivity contribution in [2.45, 2.75) is 19.3 Å². The van der Waals surface area contributed by atoms with E-state index in [1.54, 1.807) is 12.1 Å². The molecule has 1 rings (SSSR count). The second-order valence-electron chi connectivity index (χ2n) is 3.76. The number of hydrogen-bond donors (Lipinski definition) is 1. The fourth-order valence-electron chi connectivity index (χ4n) is 1.41. The van der Waals surface area contributed by atoms with Crippen molar-refractivity contribution in [3.8, 4) is 0 Å². The van der Waals surface area contributed by atoms with Gasteiger partial charge in [0.05, 0.1) is 7.11 Å². The molecule has 0 unspecified atom stereocenters. The van der Waals surface area contributed by atoms with Crippen LogP contribution >= 0.6 is 11.6 Å². The summed E-state index contributed by atoms with van der Waals surface area (Å²) < 4.78 is 4.57. The number of carbonyl (C=O) groups excluding carboxylic acids is 2. The van der Waals surface area contributed by atoms with Gasteiger partial charge in [-0.25, -0.2) is 0 Å². The molecule has 0 saturated carbocycles. The Morgan fingerprint density at radius 2 is 1.89 bits per heavy atom. The number of benzene rings is 1. The smallest absolute Gasteiger partial charge is 0.305 e. The van der Waals surface area contributed by atoms with Gasteiger partial charge in [-0.2, -0.15) is 0 Å². The Kier molecular flexibility index (Phi) is 6.22. The van der Waals surface area contributed by atoms with E-state index in [1.165, 1.54) is 7.11 Å². The molecule has 0 fully saturated rings. The number of aryl methyl sites for hydroxylation is 1. The molecule has 0 bridgehead atoms. The minimum atomic E-state index is -0.227. The van der Waals surface area contributed by atoms with E-state index in [9.17, 15) is 9.59 Å². The average Bonchev–Trinajstić information content (AvgIpc) is 2.37. The van der Waals surface area contributed by atoms with Crippen LogP contribution in [-0.2, 0) is 20.7 Å². The number of halogens is 1. The quantitative estimate of drug-likeness (QED) is 0.637. The van der Waals surface area contributed by atoms with Crippen molar-refractivity contribution in [3.05, 3.63) is 29.8 Å². The molecule has 0 radical (unpaired) electrons. The van der Waals surface area contributed by atoms with Crippen molar-refractivity contribution in [1.82, 2.24) is 0 Å². The zero-order valence-electron chi connectivity index (χ0n) is 10.2. The summed E-state index contributed by atoms with van der Waals surface area (Å²) in [5.41, 5.74) is 1.75. The number of hydrogen-bond acceptors (Lipinski definition) is 3. The maximum atomic E-state index is 11.3. The fourth-order valence-corrected chi connectivity index (χ4v) is 1.58. The van der Waals surface area contributed by atoms with Crippen LogP contribution in [0.3, 0.4) is 0 Å². The Bertz CT molecular complexity index is 403. The van der Waals surface area contributed by atoms with Crippen LogP contribution in [0.5, 0.6) is 0 Å². The molecular weight excluding hydrogens is 254 g/mol. The van der Waals surface area contributed by atoms with Gasteiger partial charge >= 0.3 is 5.97 Å². The third kappa shape index (κ3) is 5.19. The van der Waals surface area contributed by atoms with E-state index in [1.807, 2.05) is 12.1 Å². The molecule has 5 heteroatoms. The normalized spacial score (nSPS) is 9.89. The number of esters is 1. The first-order valence-corrected chi connectivity index (χ1v) is 6.20. The molecule has 1 aromatic carbocycles. The molecule has 4 nitrogen and oxygen atoms in total. The molecule has 98 valence electrons. The summed E-state index contributed by atoms with van der Waals surface area (Å²) in [5.74, 6) is -0.0231. The Balaban J connectivity index is 2.47. The Morgan fingerprint density at radius 3 is 2.44 bits per heavy atom. The van der Waals surface area contributed by atoms with Crippen LogP contribution in [0.2, 0.25) is 0 Å². The summed E-state index contributed by atoms with van der Waals surface area (Å²) in [7, 11) is 1.37. The van der Waals surface area contributed by atoms with Gasteiger partial charge in [-0.05, 0) is 24.1 Å². The SMILES string of the molecule is COC(=O)CCc1ccc(NC(=O)CCCl)cc1. The lowest BCUT2D eigenvalue weighted by Gasteiger charge is -2.05. The Morgan fingerprint density at radius 1 is 1.22 bits per heavy atom. The summed E-state index contributed by atoms with van der Waals surface area (Å²) in [4.78, 5) is 22.3. The summed E-state index contributed by atoms with van der Waals surface area (Å²) in [6, 6.07) is 7.36. The van der Waals surface area contributed by atoms with Gasteiger partial charge in [0.1, 0.15) is 0 Å². The number of anilines is 1. The zero-order chi connectivity index (χ0) is 13.4. The maximum absolute atomic E-state index is 11.3. The summed E-state index contributed by atoms with van der Waals surface area (Å²) >= 11 is 5.47. The first-order chi connectivity index (χ1) is 8.65. The van der Waals surface area contributed by atoms with Crippen LogP contribution in [0, 0.1) is 0 Å². The predicted molar refractivity (Wildman–Crippen MR) is 70.7 cm³/mol. The van der Waals surface area contributed by atoms with E-state index >= 15 is 0 Å². The maximum Gasteiger partial charge on any atom is 0.305 e. The van der Waals surface area contributed by atoms with Crippen LogP contribution in [0.4, 0.5) is 5.69 Å². The van der Waals surface area contributed by atoms with Crippen LogP contribution < -0.4 is 5.32 Å². The molecule has 1 amide bonds. The number of ether oxygens (including phenoxy) is 1. The summed E-state index contributed by atoms with van der Waals surface area (Å²) in [5, 5.41) is 2.73. The van der Waals surface area contributed by atoms with Gasteiger partial charge in [-0.1, -0.05) is 12.1 Å². The minimum absolute atomic E-state index is 0.104. The summed E-state index contributed by atoms with van der Waals surface area (Å²) in [6.45, 7) is 0. The van der Waals surface area contributed by atoms with Gasteiger partial charge in [0, 0.05) is 24.4 Å². The monoisotopic (exact) mass is 269 g/mol. The zero-order valence-corrected chi connectivity index (χ0v) is 11.0. The first kappa shape index (κ1) is 14.5. The minimum Gasteiger partial charge on any atom is -0.469 e. The highest BCUT2D eigenvalue weighted by Crippen LogP contribution is 2.11. The van der Waals surface area contributed by atoms with Crippen molar-refractivity contribution in [2.75, 3.05) is 18.3 Å². The van der Waals surface area contributed by atoms with E-state index < -0.39 is 0 Å². The molecule has 0 aliphatic carbocycles. The predicted octanol–water partition coefficient (Wildman–Crippen LogP) is 2.36. The van der Waals surface area contributed by atoms with E-state index in [0.29, 0.717) is 25.1 Å². The van der Waals surface area contributed by atoms with Crippen molar-refractivity contribution >= 4 is 29.2 Å². The third-order valence-corrected chi connectivity index (χ3v) is 2.59. The van der Waals surface area contributed by atoms with E-state index in [-0.39, 0.29) is 11.9 Å². The van der Waals surface area contributed by atoms with E-state index in [0.717, 1.165) is 11.3 Å². The van der Waals surface area contributed by atoms with Gasteiger partial charge in [0.15, 0.2) is 0 Å². The number of alkyl halides is 1. The standard InChI is InChI=1S/C13H16ClNO3/c1-18-13(17)7-4-10-2-5-11(6-3-10)15-12(16)8-9-14/h2-3,5-6H,4,7-9H2,1H3,(H,15,16). The number of methoxy groups -OCH3 is 1. The topological polar surface area (TPSA) is 55.4 Å². The molecule has 0 aliphatic heterocycles. The van der Waals surface area contributed by atoms with Crippen molar-refractivity contribution in [2.24, 2.45) is 0 Å². The van der Waals surface area contributed by atoms with Crippen LogP contribution in [0.1, 0.15) is 18.4 Å². The van der Waals surface area contributed by atoms with Gasteiger partial charge in [-0.3, -0.25) is 9.59 Å². The first-order valence-electron chi connectivity index (χ1n) is 5.67. The van der Waals surface area contributed by atoms with E-state index in [2.05, 4.69) is 10.1 Å². The number of amides is 1. The number of nitrogens with one attached hydrogen (secondary N) is 1. The molecule has 18 heavy (non-hydrogen) atoms. The Labute approximate surface area is 111 Å². The van der Waals surface area contributed by atoms with Gasteiger partial charge in [0.25, 0.3) is 0 Å². The second kappa shape index (κ2) is 7.71. The highest BCUT2D eigenvalue weighted by molar-refractivity contribution is 6.19. The molecule has 0 aromatic heterocycles. The molecule has 0 heterocycles. The number of rotatable bonds is 6. The molecule has 0 atom stereocenters. The largest absolute Gasteiger partial charge is 0.469 e. The van der Waals surface area contributed by atoms with Crippen molar-refractivity contribution in [1.29, 1.82) is 0 Å². The van der Waals surface area contributed by atoms with Gasteiger partial charge < -0.3 is 10.1 Å². The van der Waals surface area contributed by atoms with Gasteiger partial charge in [-0.15, -0.1) is 11.6 Å². The van der Waals surface area contributed by atoms with Crippen molar-refractivity contribution in [3.63, 3.8) is 0 Å². The van der Waals surface area contributed by atoms with Crippen LogP contribution in [-0.4, -0.2) is 24.9 Å². The van der Waals surface area contributed by atoms with E-state index in [4.69, 9.17) is 11.6 Å². The average molecular weight is 270 g/mol. The number of carbonyl (C=O) groups is 2. The molecule has 0 aliphatic rings. The van der Waals surface area contributed by atoms with Crippen LogP contribution in [0.15, 0.2) is 24.3 Å². The lowest BCUT2D eigenvalue weighted by molar-refractivity contribution is -0.140. The highest BCUT2D eigenvalue weighted by atomic mass is 35.5. The summed E-state index contributed by atoms with van der Waals surface area (Å²) in [6.07, 6.45) is 1.28. The molecule has 0 spiro atoms. The highest BCUT2D eigenvalue weighted by Gasteiger charge is 2.03. The molecule has 1 N–H and O–H groups in total. The molecule has 0 saturated heterocycles. The van der Waals surface area contributed by atoms with Crippen LogP contribution in [0.25, 0.3) is 0 Å². The Hall–Kier alpha value is -1.55. The molecule has 1 aromatic rings. The lowest BCUT2D eigenvalue weighted by atomic mass is 10.1. The fraction of sp³-hybridized carbons (Fsp3) is 0.385. The molecular formula is C13H16ClNO3. The second-order valence-corrected chi connectivity index (χ2v) is 4.14. The lowest BCUT2D eigenvalue weighted by Crippen LogP contribution is -2.11. The third-order valence-electron chi connectivity index (χ3n) is 2.40.